The first-order chi connectivity index (χ1) is 14.9. The van der Waals surface area contributed by atoms with E-state index in [0.717, 1.165) is 32.1 Å². The molecule has 5 N–H and O–H groups in total. The number of carbonyl (C=O) groups is 1. The van der Waals surface area contributed by atoms with Gasteiger partial charge in [-0.05, 0) is 39.2 Å². The average molecular weight is 443 g/mol. The SMILES string of the molecule is CC1(NC(=O)CCCCCN2C[C@H](O)[C@@H](O)[C@@H](O)[C@H]2CO)CCCCCCCCCC1. The molecule has 2 fully saturated rings. The van der Waals surface area contributed by atoms with Gasteiger partial charge in [-0.1, -0.05) is 57.8 Å². The Bertz CT molecular complexity index is 506. The summed E-state index contributed by atoms with van der Waals surface area (Å²) >= 11 is 0. The predicted molar refractivity (Wildman–Crippen MR) is 122 cm³/mol. The monoisotopic (exact) mass is 442 g/mol. The summed E-state index contributed by atoms with van der Waals surface area (Å²) < 4.78 is 0. The Hall–Kier alpha value is -0.730. The first-order valence-corrected chi connectivity index (χ1v) is 12.6. The molecule has 4 atom stereocenters. The molecule has 0 aromatic carbocycles. The van der Waals surface area contributed by atoms with Crippen molar-refractivity contribution in [2.24, 2.45) is 0 Å². The number of likely N-dealkylation sites (tertiary alicyclic amines) is 1. The van der Waals surface area contributed by atoms with Crippen LogP contribution < -0.4 is 5.32 Å². The number of β-amino-alcohol motifs (C(OH)–C–C–N with tert-alkyl or cyclic N) is 1. The Morgan fingerprint density at radius 1 is 0.903 bits per heavy atom. The highest BCUT2D eigenvalue weighted by molar-refractivity contribution is 5.76. The molecule has 0 radical (unpaired) electrons. The van der Waals surface area contributed by atoms with Crippen LogP contribution in [-0.2, 0) is 4.79 Å². The van der Waals surface area contributed by atoms with E-state index in [9.17, 15) is 25.2 Å². The highest BCUT2D eigenvalue weighted by Gasteiger charge is 2.40. The van der Waals surface area contributed by atoms with Gasteiger partial charge >= 0.3 is 0 Å². The molecular weight excluding hydrogens is 396 g/mol. The van der Waals surface area contributed by atoms with Gasteiger partial charge in [-0.2, -0.15) is 0 Å². The van der Waals surface area contributed by atoms with Crippen LogP contribution in [0.2, 0.25) is 0 Å². The van der Waals surface area contributed by atoms with E-state index in [4.69, 9.17) is 0 Å². The Kier molecular flexibility index (Phi) is 11.8. The molecule has 1 amide bonds. The summed E-state index contributed by atoms with van der Waals surface area (Å²) in [5, 5.41) is 42.6. The summed E-state index contributed by atoms with van der Waals surface area (Å²) in [6.45, 7) is 2.80. The summed E-state index contributed by atoms with van der Waals surface area (Å²) in [7, 11) is 0. The van der Waals surface area contributed by atoms with Crippen LogP contribution in [0.15, 0.2) is 0 Å². The van der Waals surface area contributed by atoms with Crippen LogP contribution >= 0.6 is 0 Å². The van der Waals surface area contributed by atoms with Crippen molar-refractivity contribution in [1.82, 2.24) is 10.2 Å². The zero-order valence-corrected chi connectivity index (χ0v) is 19.5. The van der Waals surface area contributed by atoms with Crippen LogP contribution in [0.25, 0.3) is 0 Å². The van der Waals surface area contributed by atoms with Gasteiger partial charge in [0, 0.05) is 18.5 Å². The number of hydrogen-bond acceptors (Lipinski definition) is 6. The molecule has 7 nitrogen and oxygen atoms in total. The van der Waals surface area contributed by atoms with Gasteiger partial charge in [-0.3, -0.25) is 9.69 Å². The highest BCUT2D eigenvalue weighted by Crippen LogP contribution is 2.25. The van der Waals surface area contributed by atoms with Gasteiger partial charge in [-0.15, -0.1) is 0 Å². The summed E-state index contributed by atoms with van der Waals surface area (Å²) in [6.07, 6.45) is 12.0. The van der Waals surface area contributed by atoms with E-state index < -0.39 is 24.4 Å². The first kappa shape index (κ1) is 26.5. The van der Waals surface area contributed by atoms with Gasteiger partial charge in [0.1, 0.15) is 12.2 Å². The van der Waals surface area contributed by atoms with Crippen molar-refractivity contribution in [1.29, 1.82) is 0 Å². The lowest BCUT2D eigenvalue weighted by molar-refractivity contribution is -0.145. The fraction of sp³-hybridized carbons (Fsp3) is 0.958. The molecular formula is C24H46N2O5. The molecule has 0 spiro atoms. The van der Waals surface area contributed by atoms with Crippen LogP contribution in [-0.4, -0.2) is 80.8 Å². The minimum absolute atomic E-state index is 0.0866. The van der Waals surface area contributed by atoms with E-state index in [1.165, 1.54) is 51.4 Å². The third-order valence-electron chi connectivity index (χ3n) is 7.21. The van der Waals surface area contributed by atoms with Crippen molar-refractivity contribution in [3.05, 3.63) is 0 Å². The van der Waals surface area contributed by atoms with Crippen LogP contribution in [0.4, 0.5) is 0 Å². The molecule has 7 heteroatoms. The van der Waals surface area contributed by atoms with Gasteiger partial charge in [0.15, 0.2) is 0 Å². The second-order valence-corrected chi connectivity index (χ2v) is 10.0. The van der Waals surface area contributed by atoms with Crippen molar-refractivity contribution in [3.63, 3.8) is 0 Å². The molecule has 1 aliphatic carbocycles. The number of rotatable bonds is 8. The average Bonchev–Trinajstić information content (AvgIpc) is 2.77. The zero-order valence-electron chi connectivity index (χ0n) is 19.5. The third-order valence-corrected chi connectivity index (χ3v) is 7.21. The summed E-state index contributed by atoms with van der Waals surface area (Å²) in [5.41, 5.74) is -0.0866. The predicted octanol–water partition coefficient (Wildman–Crippen LogP) is 2.10. The van der Waals surface area contributed by atoms with Gasteiger partial charge in [0.25, 0.3) is 0 Å². The van der Waals surface area contributed by atoms with Crippen LogP contribution in [0.3, 0.4) is 0 Å². The molecule has 1 saturated carbocycles. The van der Waals surface area contributed by atoms with Crippen LogP contribution in [0.1, 0.15) is 96.8 Å². The fourth-order valence-electron chi connectivity index (χ4n) is 5.15. The van der Waals surface area contributed by atoms with Gasteiger partial charge < -0.3 is 25.7 Å². The number of unbranched alkanes of at least 4 members (excludes halogenated alkanes) is 2. The zero-order chi connectivity index (χ0) is 22.7. The molecule has 1 saturated heterocycles. The van der Waals surface area contributed by atoms with E-state index in [2.05, 4.69) is 12.2 Å². The van der Waals surface area contributed by atoms with Crippen molar-refractivity contribution >= 4 is 5.91 Å². The third kappa shape index (κ3) is 8.97. The first-order valence-electron chi connectivity index (χ1n) is 12.6. The minimum Gasteiger partial charge on any atom is -0.395 e. The van der Waals surface area contributed by atoms with Crippen molar-refractivity contribution in [2.75, 3.05) is 19.7 Å². The number of piperidine rings is 1. The van der Waals surface area contributed by atoms with E-state index in [1.54, 1.807) is 0 Å². The lowest BCUT2D eigenvalue weighted by Gasteiger charge is -2.43. The smallest absolute Gasteiger partial charge is 0.220 e. The molecule has 0 bridgehead atoms. The Balaban J connectivity index is 1.68. The number of carbonyl (C=O) groups excluding carboxylic acids is 1. The normalized spacial score (nSPS) is 31.0. The lowest BCUT2D eigenvalue weighted by Crippen LogP contribution is -2.62. The molecule has 2 aliphatic rings. The highest BCUT2D eigenvalue weighted by atomic mass is 16.4. The fourth-order valence-corrected chi connectivity index (χ4v) is 5.15. The van der Waals surface area contributed by atoms with E-state index in [-0.39, 0.29) is 24.6 Å². The summed E-state index contributed by atoms with van der Waals surface area (Å²) in [6, 6.07) is -0.557. The van der Waals surface area contributed by atoms with Gasteiger partial charge in [0.05, 0.1) is 18.8 Å². The van der Waals surface area contributed by atoms with Crippen LogP contribution in [0, 0.1) is 0 Å². The van der Waals surface area contributed by atoms with E-state index in [1.807, 2.05) is 4.90 Å². The molecule has 2 rings (SSSR count). The van der Waals surface area contributed by atoms with E-state index >= 15 is 0 Å². The molecule has 31 heavy (non-hydrogen) atoms. The number of aliphatic hydroxyl groups excluding tert-OH is 4. The molecule has 182 valence electrons. The largest absolute Gasteiger partial charge is 0.395 e. The number of nitrogens with one attached hydrogen (secondary N) is 1. The Labute approximate surface area is 188 Å². The quantitative estimate of drug-likeness (QED) is 0.368. The number of amides is 1. The number of aliphatic hydroxyl groups is 4. The molecule has 0 aromatic heterocycles. The van der Waals surface area contributed by atoms with Gasteiger partial charge in [0.2, 0.25) is 5.91 Å². The summed E-state index contributed by atoms with van der Waals surface area (Å²) in [5.74, 6) is 0.137. The summed E-state index contributed by atoms with van der Waals surface area (Å²) in [4.78, 5) is 14.4. The topological polar surface area (TPSA) is 113 Å². The van der Waals surface area contributed by atoms with Crippen LogP contribution in [0.5, 0.6) is 0 Å². The second kappa shape index (κ2) is 13.7. The van der Waals surface area contributed by atoms with Crippen molar-refractivity contribution in [3.8, 4) is 0 Å². The standard InChI is InChI=1S/C24H46N2O5/c1-24(14-10-6-4-2-3-5-7-11-15-24)25-21(29)13-9-8-12-16-26-17-20(28)23(31)22(30)19(26)18-27/h19-20,22-23,27-28,30-31H,2-18H2,1H3,(H,25,29)/t19-,20+,22+,23-/m1/s1. The molecule has 1 aliphatic heterocycles. The molecule has 1 heterocycles. The maximum Gasteiger partial charge on any atom is 0.220 e. The number of hydrogen-bond donors (Lipinski definition) is 5. The van der Waals surface area contributed by atoms with Crippen molar-refractivity contribution < 1.29 is 25.2 Å². The Morgan fingerprint density at radius 3 is 2.06 bits per heavy atom. The maximum absolute atomic E-state index is 12.6. The van der Waals surface area contributed by atoms with Crippen molar-refractivity contribution in [2.45, 2.75) is 127 Å². The lowest BCUT2D eigenvalue weighted by atomic mass is 9.88. The minimum atomic E-state index is -1.22. The Morgan fingerprint density at radius 2 is 1.48 bits per heavy atom. The maximum atomic E-state index is 12.6. The van der Waals surface area contributed by atoms with Gasteiger partial charge in [-0.25, -0.2) is 0 Å². The second-order valence-electron chi connectivity index (χ2n) is 10.0. The molecule has 0 aromatic rings. The molecule has 0 unspecified atom stereocenters. The van der Waals surface area contributed by atoms with E-state index in [0.29, 0.717) is 13.0 Å². The number of nitrogens with zero attached hydrogens (tertiary/aromatic N) is 1.